The van der Waals surface area contributed by atoms with Crippen LogP contribution in [0.2, 0.25) is 0 Å². The molecule has 41 heavy (non-hydrogen) atoms. The largest absolute Gasteiger partial charge is 0.496 e. The first-order valence-electron chi connectivity index (χ1n) is 13.5. The molecule has 1 aliphatic heterocycles. The molecule has 1 aliphatic carbocycles. The molecule has 2 unspecified atom stereocenters. The van der Waals surface area contributed by atoms with Crippen molar-refractivity contribution in [2.24, 2.45) is 0 Å². The number of aromatic nitrogens is 1. The topological polar surface area (TPSA) is 107 Å². The SMILES string of the molecule is COc1cc(C(=O)N(C)C)ccc1-c1cc2nccc(-c3ccc(OC4CC(OC)OC5(CC5)C4)c(C#N)c3)c2o1. The van der Waals surface area contributed by atoms with Gasteiger partial charge in [-0.2, -0.15) is 5.26 Å². The molecule has 4 aromatic rings. The Hall–Kier alpha value is -4.39. The van der Waals surface area contributed by atoms with E-state index in [-0.39, 0.29) is 23.9 Å². The first kappa shape index (κ1) is 26.8. The number of fused-ring (bicyclic) bond motifs is 1. The number of nitrogens with zero attached hydrogens (tertiary/aromatic N) is 3. The molecule has 2 aromatic heterocycles. The number of carbonyl (C=O) groups excluding carboxylic acids is 1. The van der Waals surface area contributed by atoms with Gasteiger partial charge in [0, 0.05) is 57.4 Å². The maximum Gasteiger partial charge on any atom is 0.253 e. The third-order valence-corrected chi connectivity index (χ3v) is 7.74. The third-order valence-electron chi connectivity index (χ3n) is 7.74. The number of rotatable bonds is 7. The highest BCUT2D eigenvalue weighted by Crippen LogP contribution is 2.49. The number of furan rings is 1. The molecular formula is C32H31N3O6. The van der Waals surface area contributed by atoms with Crippen LogP contribution in [0, 0.1) is 11.3 Å². The molecule has 3 heterocycles. The number of amides is 1. The number of carbonyl (C=O) groups is 1. The zero-order valence-electron chi connectivity index (χ0n) is 23.5. The van der Waals surface area contributed by atoms with Crippen LogP contribution in [0.4, 0.5) is 0 Å². The summed E-state index contributed by atoms with van der Waals surface area (Å²) in [5.41, 5.74) is 4.35. The van der Waals surface area contributed by atoms with Crippen molar-refractivity contribution in [2.45, 2.75) is 43.7 Å². The van der Waals surface area contributed by atoms with Gasteiger partial charge >= 0.3 is 0 Å². The van der Waals surface area contributed by atoms with E-state index < -0.39 is 0 Å². The number of benzene rings is 2. The Labute approximate surface area is 238 Å². The molecule has 0 bridgehead atoms. The van der Waals surface area contributed by atoms with Crippen LogP contribution in [0.25, 0.3) is 33.6 Å². The smallest absolute Gasteiger partial charge is 0.253 e. The molecule has 2 atom stereocenters. The molecule has 1 spiro atoms. The highest BCUT2D eigenvalue weighted by atomic mass is 16.7. The van der Waals surface area contributed by atoms with Gasteiger partial charge in [-0.1, -0.05) is 6.07 Å². The summed E-state index contributed by atoms with van der Waals surface area (Å²) in [6, 6.07) is 16.8. The lowest BCUT2D eigenvalue weighted by atomic mass is 10.0. The van der Waals surface area contributed by atoms with Crippen LogP contribution in [0.15, 0.2) is 59.1 Å². The summed E-state index contributed by atoms with van der Waals surface area (Å²) in [4.78, 5) is 18.5. The first-order chi connectivity index (χ1) is 19.8. The lowest BCUT2D eigenvalue weighted by molar-refractivity contribution is -0.210. The highest BCUT2D eigenvalue weighted by molar-refractivity contribution is 5.96. The van der Waals surface area contributed by atoms with Gasteiger partial charge in [-0.25, -0.2) is 0 Å². The van der Waals surface area contributed by atoms with Crippen molar-refractivity contribution in [1.82, 2.24) is 9.88 Å². The fraction of sp³-hybridized carbons (Fsp3) is 0.344. The number of ether oxygens (including phenoxy) is 4. The van der Waals surface area contributed by atoms with Gasteiger partial charge in [0.15, 0.2) is 11.9 Å². The fourth-order valence-electron chi connectivity index (χ4n) is 5.43. The number of hydrogen-bond acceptors (Lipinski definition) is 8. The van der Waals surface area contributed by atoms with E-state index in [2.05, 4.69) is 11.1 Å². The van der Waals surface area contributed by atoms with Crippen molar-refractivity contribution in [2.75, 3.05) is 28.3 Å². The number of pyridine rings is 1. The van der Waals surface area contributed by atoms with Crippen LogP contribution in [-0.4, -0.2) is 62.1 Å². The summed E-state index contributed by atoms with van der Waals surface area (Å²) < 4.78 is 29.8. The van der Waals surface area contributed by atoms with Gasteiger partial charge in [-0.15, -0.1) is 0 Å². The summed E-state index contributed by atoms with van der Waals surface area (Å²) in [5, 5.41) is 10.00. The number of nitriles is 1. The minimum absolute atomic E-state index is 0.0937. The maximum atomic E-state index is 12.4. The van der Waals surface area contributed by atoms with E-state index in [4.69, 9.17) is 23.4 Å². The van der Waals surface area contributed by atoms with E-state index in [1.165, 1.54) is 4.90 Å². The van der Waals surface area contributed by atoms with Crippen molar-refractivity contribution in [3.05, 3.63) is 65.9 Å². The minimum Gasteiger partial charge on any atom is -0.496 e. The molecular weight excluding hydrogens is 522 g/mol. The molecule has 2 fully saturated rings. The van der Waals surface area contributed by atoms with Crippen molar-refractivity contribution < 1.29 is 28.2 Å². The first-order valence-corrected chi connectivity index (χ1v) is 13.5. The zero-order chi connectivity index (χ0) is 28.7. The molecule has 2 aliphatic rings. The minimum atomic E-state index is -0.303. The van der Waals surface area contributed by atoms with Gasteiger partial charge in [-0.05, 0) is 54.8 Å². The molecule has 1 saturated heterocycles. The predicted molar refractivity (Wildman–Crippen MR) is 152 cm³/mol. The quantitative estimate of drug-likeness (QED) is 0.282. The van der Waals surface area contributed by atoms with Gasteiger partial charge in [0.05, 0.1) is 23.8 Å². The standard InChI is InChI=1S/C32H31N3O6/c1-35(2)31(36)20-5-7-24(27(14-20)37-3)28-16-25-30(40-28)23(9-12-34-25)19-6-8-26(21(13-19)18-33)39-22-15-29(38-4)41-32(17-22)10-11-32/h5-9,12-14,16,22,29H,10-11,15,17H2,1-4H3. The van der Waals surface area contributed by atoms with E-state index in [1.807, 2.05) is 36.4 Å². The van der Waals surface area contributed by atoms with Gasteiger partial charge < -0.3 is 28.3 Å². The Bertz CT molecular complexity index is 1670. The van der Waals surface area contributed by atoms with Gasteiger partial charge in [0.1, 0.15) is 34.9 Å². The summed E-state index contributed by atoms with van der Waals surface area (Å²) in [6.45, 7) is 0. The third kappa shape index (κ3) is 5.12. The van der Waals surface area contributed by atoms with Crippen LogP contribution in [0.3, 0.4) is 0 Å². The molecule has 1 saturated carbocycles. The number of hydrogen-bond donors (Lipinski definition) is 0. The van der Waals surface area contributed by atoms with Crippen LogP contribution in [0.5, 0.6) is 11.5 Å². The van der Waals surface area contributed by atoms with E-state index in [0.29, 0.717) is 51.5 Å². The molecule has 2 aromatic carbocycles. The Morgan fingerprint density at radius 1 is 1.07 bits per heavy atom. The summed E-state index contributed by atoms with van der Waals surface area (Å²) in [5.74, 6) is 1.49. The fourth-order valence-corrected chi connectivity index (χ4v) is 5.43. The lowest BCUT2D eigenvalue weighted by Gasteiger charge is -2.35. The highest BCUT2D eigenvalue weighted by Gasteiger charge is 2.51. The number of methoxy groups -OCH3 is 2. The second kappa shape index (κ2) is 10.5. The van der Waals surface area contributed by atoms with Gasteiger partial charge in [-0.3, -0.25) is 9.78 Å². The predicted octanol–water partition coefficient (Wildman–Crippen LogP) is 5.81. The normalized spacial score (nSPS) is 19.1. The second-order valence-electron chi connectivity index (χ2n) is 10.8. The van der Waals surface area contributed by atoms with Crippen molar-refractivity contribution in [3.63, 3.8) is 0 Å². The molecule has 210 valence electrons. The average molecular weight is 554 g/mol. The van der Waals surface area contributed by atoms with Gasteiger partial charge in [0.2, 0.25) is 0 Å². The Morgan fingerprint density at radius 2 is 1.90 bits per heavy atom. The molecule has 0 N–H and O–H groups in total. The van der Waals surface area contributed by atoms with E-state index in [9.17, 15) is 10.1 Å². The van der Waals surface area contributed by atoms with Crippen molar-refractivity contribution in [3.8, 4) is 40.0 Å². The lowest BCUT2D eigenvalue weighted by Crippen LogP contribution is -2.40. The maximum absolute atomic E-state index is 12.4. The Balaban J connectivity index is 1.31. The molecule has 6 rings (SSSR count). The Kier molecular flexibility index (Phi) is 6.89. The second-order valence-corrected chi connectivity index (χ2v) is 10.8. The van der Waals surface area contributed by atoms with Crippen molar-refractivity contribution >= 4 is 17.0 Å². The monoisotopic (exact) mass is 553 g/mol. The molecule has 0 radical (unpaired) electrons. The van der Waals surface area contributed by atoms with Gasteiger partial charge in [0.25, 0.3) is 5.91 Å². The van der Waals surface area contributed by atoms with Crippen LogP contribution < -0.4 is 9.47 Å². The van der Waals surface area contributed by atoms with E-state index >= 15 is 0 Å². The van der Waals surface area contributed by atoms with E-state index in [0.717, 1.165) is 30.4 Å². The molecule has 9 heteroatoms. The summed E-state index contributed by atoms with van der Waals surface area (Å²) >= 11 is 0. The van der Waals surface area contributed by atoms with Crippen LogP contribution in [-0.2, 0) is 9.47 Å². The van der Waals surface area contributed by atoms with E-state index in [1.54, 1.807) is 46.6 Å². The zero-order valence-corrected chi connectivity index (χ0v) is 23.5. The summed E-state index contributed by atoms with van der Waals surface area (Å²) in [7, 11) is 6.61. The van der Waals surface area contributed by atoms with Crippen LogP contribution in [0.1, 0.15) is 41.6 Å². The molecule has 1 amide bonds. The average Bonchev–Trinajstić information content (AvgIpc) is 3.57. The summed E-state index contributed by atoms with van der Waals surface area (Å²) in [6.07, 6.45) is 4.72. The molecule has 9 nitrogen and oxygen atoms in total. The van der Waals surface area contributed by atoms with Crippen LogP contribution >= 0.6 is 0 Å². The van der Waals surface area contributed by atoms with Crippen molar-refractivity contribution in [1.29, 1.82) is 5.26 Å². The Morgan fingerprint density at radius 3 is 2.61 bits per heavy atom.